The number of esters is 1. The number of unbranched alkanes of at least 4 members (excludes halogenated alkanes) is 16. The second-order valence-corrected chi connectivity index (χ2v) is 18.1. The largest absolute Gasteiger partial charge is 0.465 e. The zero-order valence-corrected chi connectivity index (χ0v) is 37.4. The fourth-order valence-electron chi connectivity index (χ4n) is 6.85. The van der Waals surface area contributed by atoms with Crippen LogP contribution in [0.1, 0.15) is 148 Å². The monoisotopic (exact) mass is 851 g/mol. The number of aromatic amines is 1. The van der Waals surface area contributed by atoms with Crippen molar-refractivity contribution < 1.29 is 18.3 Å². The van der Waals surface area contributed by atoms with Gasteiger partial charge in [-0.05, 0) is 37.8 Å². The third kappa shape index (κ3) is 17.8. The summed E-state index contributed by atoms with van der Waals surface area (Å²) < 4.78 is 30.3. The minimum absolute atomic E-state index is 0.132. The van der Waals surface area contributed by atoms with Gasteiger partial charge in [0.1, 0.15) is 5.69 Å². The molecule has 2 aromatic heterocycles. The molecule has 318 valence electrons. The number of carbonyl (C=O) groups is 1. The summed E-state index contributed by atoms with van der Waals surface area (Å²) in [6.45, 7) is 6.95. The van der Waals surface area contributed by atoms with E-state index >= 15 is 0 Å². The van der Waals surface area contributed by atoms with Crippen LogP contribution in [-0.2, 0) is 20.8 Å². The molecule has 0 bridgehead atoms. The van der Waals surface area contributed by atoms with Gasteiger partial charge >= 0.3 is 5.97 Å². The summed E-state index contributed by atoms with van der Waals surface area (Å²) in [5, 5.41) is 17.4. The Morgan fingerprint density at radius 2 is 1.38 bits per heavy atom. The minimum Gasteiger partial charge on any atom is -0.465 e. The van der Waals surface area contributed by atoms with Gasteiger partial charge in [0.15, 0.2) is 10.2 Å². The molecule has 0 aliphatic carbocycles. The maximum absolute atomic E-state index is 12.9. The number of anilines is 2. The Labute approximate surface area is 357 Å². The standard InChI is InChI=1S/C44H65N7O4S3/c1-4-6-8-10-12-14-15-17-19-22-26-36(25-21-18-16-13-11-9-7-5-2)33-55-39(52)34-56-44-50-49-43(57-44)48-47-41-40(37-27-23-20-24-28-37)45-42(46-41)51(58(53)54)38-31-29-35(3)30-32-38/h20,23-24,27-32,36H,4-19,21-22,25-26,33-34H2,1-3H3,(H,45,46)(H,53,54)/b48-47+. The number of thioether (sulfide) groups is 1. The van der Waals surface area contributed by atoms with Crippen molar-refractivity contribution in [1.82, 2.24) is 20.2 Å². The lowest BCUT2D eigenvalue weighted by molar-refractivity contribution is -0.141. The number of carbonyl (C=O) groups excluding carboxylic acids is 1. The molecule has 2 unspecified atom stereocenters. The Bertz CT molecular complexity index is 1770. The summed E-state index contributed by atoms with van der Waals surface area (Å²) >= 11 is 0.0877. The van der Waals surface area contributed by atoms with Gasteiger partial charge in [0.2, 0.25) is 5.95 Å². The first-order valence-electron chi connectivity index (χ1n) is 21.5. The quantitative estimate of drug-likeness (QED) is 0.0167. The van der Waals surface area contributed by atoms with Crippen LogP contribution in [0, 0.1) is 12.8 Å². The van der Waals surface area contributed by atoms with Crippen LogP contribution in [0.15, 0.2) is 69.2 Å². The smallest absolute Gasteiger partial charge is 0.316 e. The van der Waals surface area contributed by atoms with Crippen molar-refractivity contribution in [2.24, 2.45) is 16.1 Å². The van der Waals surface area contributed by atoms with E-state index in [0.717, 1.165) is 24.0 Å². The summed E-state index contributed by atoms with van der Waals surface area (Å²) in [5.74, 6) is 0.721. The Balaban J connectivity index is 1.28. The molecule has 4 rings (SSSR count). The van der Waals surface area contributed by atoms with Gasteiger partial charge in [-0.2, -0.15) is 0 Å². The molecule has 0 aliphatic rings. The summed E-state index contributed by atoms with van der Waals surface area (Å²) in [5.41, 5.74) is 2.71. The van der Waals surface area contributed by atoms with Crippen LogP contribution in [0.3, 0.4) is 0 Å². The molecule has 4 aromatic rings. The van der Waals surface area contributed by atoms with Crippen LogP contribution in [0.5, 0.6) is 0 Å². The molecular formula is C44H65N7O4S3. The second kappa shape index (κ2) is 28.1. The van der Waals surface area contributed by atoms with Gasteiger partial charge in [-0.25, -0.2) is 13.5 Å². The lowest BCUT2D eigenvalue weighted by Gasteiger charge is -2.17. The van der Waals surface area contributed by atoms with Crippen molar-refractivity contribution in [2.75, 3.05) is 16.7 Å². The summed E-state index contributed by atoms with van der Waals surface area (Å²) in [6, 6.07) is 16.6. The topological polar surface area (TPSA) is 146 Å². The first kappa shape index (κ1) is 47.2. The van der Waals surface area contributed by atoms with Gasteiger partial charge in [-0.3, -0.25) is 9.35 Å². The predicted molar refractivity (Wildman–Crippen MR) is 241 cm³/mol. The van der Waals surface area contributed by atoms with Crippen LogP contribution in [-0.4, -0.2) is 47.3 Å². The highest BCUT2D eigenvalue weighted by Gasteiger charge is 2.23. The number of H-pyrrole nitrogens is 1. The van der Waals surface area contributed by atoms with E-state index in [4.69, 9.17) is 4.74 Å². The first-order chi connectivity index (χ1) is 28.4. The molecule has 2 heterocycles. The van der Waals surface area contributed by atoms with Gasteiger partial charge < -0.3 is 9.72 Å². The van der Waals surface area contributed by atoms with E-state index in [0.29, 0.717) is 33.4 Å². The molecule has 0 fully saturated rings. The number of aromatic nitrogens is 4. The van der Waals surface area contributed by atoms with E-state index in [1.54, 1.807) is 12.1 Å². The molecule has 2 atom stereocenters. The highest BCUT2D eigenvalue weighted by molar-refractivity contribution is 8.01. The molecule has 0 saturated carbocycles. The predicted octanol–water partition coefficient (Wildman–Crippen LogP) is 14.0. The van der Waals surface area contributed by atoms with E-state index in [-0.39, 0.29) is 23.5 Å². The fourth-order valence-corrected chi connectivity index (χ4v) is 8.85. The number of rotatable bonds is 31. The normalized spacial score (nSPS) is 12.6. The number of benzene rings is 2. The average molecular weight is 852 g/mol. The van der Waals surface area contributed by atoms with Gasteiger partial charge in [0.25, 0.3) is 16.4 Å². The van der Waals surface area contributed by atoms with E-state index in [1.807, 2.05) is 49.4 Å². The molecular weight excluding hydrogens is 787 g/mol. The van der Waals surface area contributed by atoms with Gasteiger partial charge in [0, 0.05) is 5.56 Å². The number of azo groups is 1. The third-order valence-corrected chi connectivity index (χ3v) is 12.8. The summed E-state index contributed by atoms with van der Waals surface area (Å²) in [4.78, 5) is 20.6. The van der Waals surface area contributed by atoms with Crippen molar-refractivity contribution in [3.05, 3.63) is 60.2 Å². The highest BCUT2D eigenvalue weighted by Crippen LogP contribution is 2.36. The number of ether oxygens (including phenoxy) is 1. The molecule has 0 saturated heterocycles. The zero-order valence-electron chi connectivity index (χ0n) is 34.9. The molecule has 11 nitrogen and oxygen atoms in total. The number of hydrogen-bond donors (Lipinski definition) is 2. The Morgan fingerprint density at radius 1 is 0.810 bits per heavy atom. The Morgan fingerprint density at radius 3 is 1.95 bits per heavy atom. The number of imidazole rings is 1. The molecule has 0 spiro atoms. The third-order valence-electron chi connectivity index (χ3n) is 10.2. The molecule has 2 aromatic carbocycles. The van der Waals surface area contributed by atoms with Crippen LogP contribution in [0.25, 0.3) is 11.3 Å². The molecule has 14 heteroatoms. The number of nitrogens with one attached hydrogen (secondary N) is 1. The van der Waals surface area contributed by atoms with Crippen LogP contribution < -0.4 is 4.31 Å². The van der Waals surface area contributed by atoms with Gasteiger partial charge in [0.05, 0.1) is 18.0 Å². The number of hydrogen-bond acceptors (Lipinski definition) is 10. The molecule has 0 amide bonds. The minimum atomic E-state index is -2.41. The van der Waals surface area contributed by atoms with E-state index in [1.165, 1.54) is 143 Å². The summed E-state index contributed by atoms with van der Waals surface area (Å²) in [7, 11) is 0. The maximum atomic E-state index is 12.9. The van der Waals surface area contributed by atoms with Crippen molar-refractivity contribution in [3.63, 3.8) is 0 Å². The van der Waals surface area contributed by atoms with Crippen molar-refractivity contribution >= 4 is 62.9 Å². The number of aryl methyl sites for hydroxylation is 1. The fraction of sp³-hybridized carbons (Fsp3) is 0.591. The van der Waals surface area contributed by atoms with E-state index < -0.39 is 11.3 Å². The van der Waals surface area contributed by atoms with Gasteiger partial charge in [-0.15, -0.1) is 20.4 Å². The Kier molecular flexibility index (Phi) is 22.9. The lowest BCUT2D eigenvalue weighted by Crippen LogP contribution is -2.20. The van der Waals surface area contributed by atoms with E-state index in [9.17, 15) is 13.6 Å². The van der Waals surface area contributed by atoms with Crippen LogP contribution >= 0.6 is 23.1 Å². The molecule has 2 N–H and O–H groups in total. The van der Waals surface area contributed by atoms with Crippen molar-refractivity contribution in [2.45, 2.75) is 154 Å². The average Bonchev–Trinajstić information content (AvgIpc) is 3.87. The first-order valence-corrected chi connectivity index (χ1v) is 24.4. The maximum Gasteiger partial charge on any atom is 0.316 e. The number of nitrogens with zero attached hydrogens (tertiary/aromatic N) is 6. The molecule has 58 heavy (non-hydrogen) atoms. The zero-order chi connectivity index (χ0) is 41.2. The SMILES string of the molecule is CCCCCCCCCCCCC(CCCCCCCCCC)COC(=O)CSc1nnc(/N=N/c2[nH]c(N(c3ccc(C)cc3)S(=O)O)nc2-c2ccccc2)s1. The lowest BCUT2D eigenvalue weighted by atomic mass is 9.94. The summed E-state index contributed by atoms with van der Waals surface area (Å²) in [6.07, 6.45) is 25.8. The molecule has 0 radical (unpaired) electrons. The second-order valence-electron chi connectivity index (χ2n) is 15.1. The van der Waals surface area contributed by atoms with Crippen molar-refractivity contribution in [3.8, 4) is 11.3 Å². The molecule has 0 aliphatic heterocycles. The van der Waals surface area contributed by atoms with Crippen LogP contribution in [0.2, 0.25) is 0 Å². The highest BCUT2D eigenvalue weighted by atomic mass is 32.2. The van der Waals surface area contributed by atoms with Crippen LogP contribution in [0.4, 0.5) is 22.6 Å². The Hall–Kier alpha value is -3.46. The van der Waals surface area contributed by atoms with Gasteiger partial charge in [-0.1, -0.05) is 201 Å². The van der Waals surface area contributed by atoms with Crippen molar-refractivity contribution in [1.29, 1.82) is 0 Å². The van der Waals surface area contributed by atoms with E-state index in [2.05, 4.69) is 44.2 Å².